The van der Waals surface area contributed by atoms with Crippen LogP contribution in [-0.2, 0) is 22.4 Å². The Hall–Kier alpha value is -2.57. The molecular formula is C20H26N4O3. The summed E-state index contributed by atoms with van der Waals surface area (Å²) in [7, 11) is 0. The lowest BCUT2D eigenvalue weighted by Crippen LogP contribution is -2.42. The highest BCUT2D eigenvalue weighted by molar-refractivity contribution is 6.38. The summed E-state index contributed by atoms with van der Waals surface area (Å²) >= 11 is 0. The zero-order valence-electron chi connectivity index (χ0n) is 16.1. The lowest BCUT2D eigenvalue weighted by Gasteiger charge is -2.26. The average Bonchev–Trinajstić information content (AvgIpc) is 3.35. The van der Waals surface area contributed by atoms with Crippen molar-refractivity contribution >= 4 is 11.7 Å². The average molecular weight is 370 g/mol. The highest BCUT2D eigenvalue weighted by Crippen LogP contribution is 2.33. The molecule has 3 rings (SSSR count). The maximum Gasteiger partial charge on any atom is 0.291 e. The van der Waals surface area contributed by atoms with E-state index >= 15 is 0 Å². The van der Waals surface area contributed by atoms with Crippen molar-refractivity contribution in [2.24, 2.45) is 5.41 Å². The summed E-state index contributed by atoms with van der Waals surface area (Å²) in [6.45, 7) is 6.07. The quantitative estimate of drug-likeness (QED) is 0.696. The van der Waals surface area contributed by atoms with E-state index in [1.165, 1.54) is 0 Å². The third kappa shape index (κ3) is 4.23. The predicted molar refractivity (Wildman–Crippen MR) is 98.7 cm³/mol. The lowest BCUT2D eigenvalue weighted by molar-refractivity contribution is -0.150. The molecule has 1 aliphatic heterocycles. The number of ketones is 1. The second-order valence-corrected chi connectivity index (χ2v) is 7.62. The minimum Gasteiger partial charge on any atom is -0.423 e. The molecule has 3 heterocycles. The van der Waals surface area contributed by atoms with E-state index in [2.05, 4.69) is 15.2 Å². The molecule has 27 heavy (non-hydrogen) atoms. The van der Waals surface area contributed by atoms with Crippen molar-refractivity contribution in [1.82, 2.24) is 20.1 Å². The number of nitrogens with zero attached hydrogens (tertiary/aromatic N) is 4. The van der Waals surface area contributed by atoms with E-state index in [1.54, 1.807) is 11.1 Å². The molecule has 0 aromatic carbocycles. The Balaban J connectivity index is 1.68. The van der Waals surface area contributed by atoms with Crippen molar-refractivity contribution < 1.29 is 14.0 Å². The highest BCUT2D eigenvalue weighted by Gasteiger charge is 2.40. The molecule has 1 atom stereocenters. The number of carbonyl (C=O) groups is 2. The van der Waals surface area contributed by atoms with Crippen LogP contribution in [0.15, 0.2) is 28.9 Å². The molecule has 2 aromatic heterocycles. The van der Waals surface area contributed by atoms with Crippen LogP contribution < -0.4 is 0 Å². The van der Waals surface area contributed by atoms with Gasteiger partial charge in [-0.25, -0.2) is 0 Å². The molecule has 0 aliphatic carbocycles. The topological polar surface area (TPSA) is 89.2 Å². The van der Waals surface area contributed by atoms with Crippen LogP contribution in [-0.4, -0.2) is 38.3 Å². The van der Waals surface area contributed by atoms with Gasteiger partial charge in [-0.3, -0.25) is 14.6 Å². The molecule has 144 valence electrons. The number of hydrogen-bond donors (Lipinski definition) is 0. The van der Waals surface area contributed by atoms with Crippen LogP contribution in [0.1, 0.15) is 63.4 Å². The number of rotatable bonds is 7. The number of hydrogen-bond acceptors (Lipinski definition) is 6. The van der Waals surface area contributed by atoms with Crippen molar-refractivity contribution in [1.29, 1.82) is 0 Å². The molecule has 1 unspecified atom stereocenters. The number of pyridine rings is 1. The first-order chi connectivity index (χ1) is 12.9. The Morgan fingerprint density at radius 2 is 2.11 bits per heavy atom. The number of aryl methyl sites for hydroxylation is 2. The van der Waals surface area contributed by atoms with E-state index < -0.39 is 11.3 Å². The van der Waals surface area contributed by atoms with Crippen molar-refractivity contribution in [2.75, 3.05) is 6.54 Å². The minimum atomic E-state index is -0.659. The van der Waals surface area contributed by atoms with Crippen molar-refractivity contribution in [3.8, 4) is 0 Å². The molecule has 2 aromatic rings. The molecule has 1 amide bonds. The molecule has 0 radical (unpaired) electrons. The molecule has 1 fully saturated rings. The third-order valence-corrected chi connectivity index (χ3v) is 5.32. The van der Waals surface area contributed by atoms with Crippen LogP contribution in [0.2, 0.25) is 0 Å². The van der Waals surface area contributed by atoms with Crippen molar-refractivity contribution in [3.63, 3.8) is 0 Å². The van der Waals surface area contributed by atoms with Gasteiger partial charge < -0.3 is 9.32 Å². The molecule has 7 heteroatoms. The van der Waals surface area contributed by atoms with Crippen molar-refractivity contribution in [3.05, 3.63) is 41.9 Å². The Kier molecular flexibility index (Phi) is 5.68. The van der Waals surface area contributed by atoms with Gasteiger partial charge >= 0.3 is 0 Å². The third-order valence-electron chi connectivity index (χ3n) is 5.32. The van der Waals surface area contributed by atoms with E-state index in [4.69, 9.17) is 4.42 Å². The molecular weight excluding hydrogens is 344 g/mol. The van der Waals surface area contributed by atoms with Crippen LogP contribution >= 0.6 is 0 Å². The Labute approximate surface area is 159 Å². The van der Waals surface area contributed by atoms with Gasteiger partial charge in [0.1, 0.15) is 6.04 Å². The molecule has 1 aliphatic rings. The standard InChI is InChI=1S/C20H26N4O3/c1-4-20(2,3)17(25)19(26)24-12-6-8-15(24)18-23-22-16(27-18)10-9-14-7-5-11-21-13-14/h5,7,11,13,15H,4,6,8-10,12H2,1-3H3. The zero-order chi connectivity index (χ0) is 19.4. The fourth-order valence-electron chi connectivity index (χ4n) is 3.15. The lowest BCUT2D eigenvalue weighted by atomic mass is 9.84. The summed E-state index contributed by atoms with van der Waals surface area (Å²) < 4.78 is 5.81. The maximum atomic E-state index is 12.7. The summed E-state index contributed by atoms with van der Waals surface area (Å²) in [4.78, 5) is 31.0. The first kappa shape index (κ1) is 19.2. The van der Waals surface area contributed by atoms with Gasteiger partial charge in [-0.15, -0.1) is 10.2 Å². The molecule has 7 nitrogen and oxygen atoms in total. The summed E-state index contributed by atoms with van der Waals surface area (Å²) in [5.74, 6) is 0.158. The summed E-state index contributed by atoms with van der Waals surface area (Å²) in [6.07, 6.45) is 7.10. The minimum absolute atomic E-state index is 0.311. The van der Waals surface area contributed by atoms with E-state index in [0.29, 0.717) is 31.2 Å². The molecule has 0 spiro atoms. The number of carbonyl (C=O) groups excluding carboxylic acids is 2. The van der Waals surface area contributed by atoms with E-state index in [0.717, 1.165) is 24.8 Å². The van der Waals surface area contributed by atoms with Gasteiger partial charge in [-0.2, -0.15) is 0 Å². The van der Waals surface area contributed by atoms with Gasteiger partial charge in [-0.05, 0) is 37.3 Å². The fraction of sp³-hybridized carbons (Fsp3) is 0.550. The monoisotopic (exact) mass is 370 g/mol. The maximum absolute atomic E-state index is 12.7. The summed E-state index contributed by atoms with van der Waals surface area (Å²) in [5.41, 5.74) is 0.441. The first-order valence-electron chi connectivity index (χ1n) is 9.49. The number of amides is 1. The molecule has 0 N–H and O–H groups in total. The Morgan fingerprint density at radius 1 is 1.30 bits per heavy atom. The first-order valence-corrected chi connectivity index (χ1v) is 9.49. The largest absolute Gasteiger partial charge is 0.423 e. The smallest absolute Gasteiger partial charge is 0.291 e. The van der Waals surface area contributed by atoms with Crippen LogP contribution in [0.3, 0.4) is 0 Å². The predicted octanol–water partition coefficient (Wildman–Crippen LogP) is 2.92. The Bertz CT molecular complexity index is 801. The Morgan fingerprint density at radius 3 is 2.81 bits per heavy atom. The van der Waals surface area contributed by atoms with E-state index in [9.17, 15) is 9.59 Å². The number of Topliss-reactive ketones (excluding diaryl/α,β-unsaturated/α-hetero) is 1. The highest BCUT2D eigenvalue weighted by atomic mass is 16.4. The van der Waals surface area contributed by atoms with Crippen LogP contribution in [0.4, 0.5) is 0 Å². The normalized spacial score (nSPS) is 17.3. The SMILES string of the molecule is CCC(C)(C)C(=O)C(=O)N1CCCC1c1nnc(CCc2cccnc2)o1. The fourth-order valence-corrected chi connectivity index (χ4v) is 3.15. The second kappa shape index (κ2) is 7.98. The van der Waals surface area contributed by atoms with Crippen molar-refractivity contribution in [2.45, 2.75) is 58.9 Å². The zero-order valence-corrected chi connectivity index (χ0v) is 16.1. The van der Waals surface area contributed by atoms with E-state index in [-0.39, 0.29) is 11.8 Å². The van der Waals surface area contributed by atoms with E-state index in [1.807, 2.05) is 39.1 Å². The number of likely N-dealkylation sites (tertiary alicyclic amines) is 1. The number of aromatic nitrogens is 3. The van der Waals surface area contributed by atoms with Gasteiger partial charge in [-0.1, -0.05) is 26.8 Å². The van der Waals surface area contributed by atoms with Gasteiger partial charge in [0.05, 0.1) is 0 Å². The second-order valence-electron chi connectivity index (χ2n) is 7.62. The van der Waals surface area contributed by atoms with Crippen LogP contribution in [0.25, 0.3) is 0 Å². The molecule has 1 saturated heterocycles. The molecule has 0 saturated carbocycles. The van der Waals surface area contributed by atoms with Gasteiger partial charge in [0.15, 0.2) is 0 Å². The summed E-state index contributed by atoms with van der Waals surface area (Å²) in [5, 5.41) is 8.27. The summed E-state index contributed by atoms with van der Waals surface area (Å²) in [6, 6.07) is 3.59. The van der Waals surface area contributed by atoms with Crippen LogP contribution in [0, 0.1) is 5.41 Å². The van der Waals surface area contributed by atoms with Gasteiger partial charge in [0.2, 0.25) is 17.6 Å². The van der Waals surface area contributed by atoms with Gasteiger partial charge in [0.25, 0.3) is 5.91 Å². The van der Waals surface area contributed by atoms with Gasteiger partial charge in [0, 0.05) is 30.8 Å². The molecule has 0 bridgehead atoms. The van der Waals surface area contributed by atoms with Crippen LogP contribution in [0.5, 0.6) is 0 Å².